The summed E-state index contributed by atoms with van der Waals surface area (Å²) in [5, 5.41) is 4.26. The number of fused-ring (bicyclic) bond motifs is 1. The Balaban J connectivity index is 1.46. The second-order valence-corrected chi connectivity index (χ2v) is 5.53. The third-order valence-electron chi connectivity index (χ3n) is 4.13. The van der Waals surface area contributed by atoms with Crippen molar-refractivity contribution in [1.29, 1.82) is 0 Å². The first-order chi connectivity index (χ1) is 10.3. The molecule has 0 aromatic carbocycles. The lowest BCUT2D eigenvalue weighted by Crippen LogP contribution is -2.49. The van der Waals surface area contributed by atoms with Crippen molar-refractivity contribution < 1.29 is 0 Å². The predicted molar refractivity (Wildman–Crippen MR) is 80.3 cm³/mol. The zero-order valence-corrected chi connectivity index (χ0v) is 12.1. The lowest BCUT2D eigenvalue weighted by atomic mass is 10.00. The van der Waals surface area contributed by atoms with Crippen LogP contribution in [0.4, 0.5) is 5.82 Å². The van der Waals surface area contributed by atoms with Crippen LogP contribution in [0.5, 0.6) is 0 Å². The minimum Gasteiger partial charge on any atom is -0.354 e. The topological polar surface area (TPSA) is 51.2 Å². The SMILES string of the molecule is CCc1nccn1CC1CN(c2nccn3nccc23)C1. The van der Waals surface area contributed by atoms with E-state index in [4.69, 9.17) is 0 Å². The van der Waals surface area contributed by atoms with E-state index < -0.39 is 0 Å². The van der Waals surface area contributed by atoms with Crippen LogP contribution in [0.1, 0.15) is 12.7 Å². The molecule has 0 radical (unpaired) electrons. The molecule has 4 heterocycles. The van der Waals surface area contributed by atoms with Crippen molar-refractivity contribution in [3.8, 4) is 0 Å². The molecule has 0 saturated carbocycles. The van der Waals surface area contributed by atoms with Crippen molar-refractivity contribution in [2.24, 2.45) is 5.92 Å². The Morgan fingerprint density at radius 3 is 2.86 bits per heavy atom. The van der Waals surface area contributed by atoms with Crippen LogP contribution in [0.15, 0.2) is 37.1 Å². The Kier molecular flexibility index (Phi) is 2.87. The third kappa shape index (κ3) is 2.07. The fraction of sp³-hybridized carbons (Fsp3) is 0.400. The highest BCUT2D eigenvalue weighted by Crippen LogP contribution is 2.27. The molecule has 21 heavy (non-hydrogen) atoms. The molecular formula is C15H18N6. The number of aromatic nitrogens is 5. The summed E-state index contributed by atoms with van der Waals surface area (Å²) in [5.41, 5.74) is 1.08. The lowest BCUT2D eigenvalue weighted by molar-refractivity contribution is 0.351. The molecule has 0 N–H and O–H groups in total. The van der Waals surface area contributed by atoms with E-state index in [-0.39, 0.29) is 0 Å². The number of imidazole rings is 1. The molecule has 3 aromatic rings. The molecule has 1 aliphatic rings. The second-order valence-electron chi connectivity index (χ2n) is 5.53. The van der Waals surface area contributed by atoms with Gasteiger partial charge < -0.3 is 9.47 Å². The molecule has 6 heteroatoms. The molecule has 0 aliphatic carbocycles. The molecule has 0 bridgehead atoms. The van der Waals surface area contributed by atoms with Gasteiger partial charge in [0, 0.05) is 56.8 Å². The molecule has 1 fully saturated rings. The highest BCUT2D eigenvalue weighted by molar-refractivity contribution is 5.69. The van der Waals surface area contributed by atoms with E-state index in [0.717, 1.165) is 37.4 Å². The molecule has 1 aliphatic heterocycles. The number of hydrogen-bond acceptors (Lipinski definition) is 4. The summed E-state index contributed by atoms with van der Waals surface area (Å²) >= 11 is 0. The van der Waals surface area contributed by atoms with Crippen LogP contribution in [-0.2, 0) is 13.0 Å². The normalized spacial score (nSPS) is 15.6. The minimum atomic E-state index is 0.662. The molecule has 0 spiro atoms. The summed E-state index contributed by atoms with van der Waals surface area (Å²) < 4.78 is 4.15. The average molecular weight is 282 g/mol. The molecule has 6 nitrogen and oxygen atoms in total. The average Bonchev–Trinajstić information content (AvgIpc) is 3.10. The van der Waals surface area contributed by atoms with Gasteiger partial charge in [0.2, 0.25) is 0 Å². The van der Waals surface area contributed by atoms with E-state index >= 15 is 0 Å². The summed E-state index contributed by atoms with van der Waals surface area (Å²) in [6.45, 7) is 5.27. The Hall–Kier alpha value is -2.37. The standard InChI is InChI=1S/C15H18N6/c1-2-14-16-5-7-19(14)9-12-10-20(11-12)15-13-3-4-18-21(13)8-6-17-15/h3-8,12H,2,9-11H2,1H3. The van der Waals surface area contributed by atoms with Crippen LogP contribution in [0.25, 0.3) is 5.52 Å². The quantitative estimate of drug-likeness (QED) is 0.730. The van der Waals surface area contributed by atoms with Gasteiger partial charge >= 0.3 is 0 Å². The Labute approximate surface area is 123 Å². The zero-order chi connectivity index (χ0) is 14.2. The van der Waals surface area contributed by atoms with Crippen LogP contribution in [0, 0.1) is 5.92 Å². The van der Waals surface area contributed by atoms with Gasteiger partial charge in [-0.2, -0.15) is 5.10 Å². The van der Waals surface area contributed by atoms with Gasteiger partial charge in [0.15, 0.2) is 5.82 Å². The van der Waals surface area contributed by atoms with Crippen molar-refractivity contribution in [3.63, 3.8) is 0 Å². The maximum atomic E-state index is 4.51. The largest absolute Gasteiger partial charge is 0.354 e. The number of nitrogens with zero attached hydrogens (tertiary/aromatic N) is 6. The minimum absolute atomic E-state index is 0.662. The van der Waals surface area contributed by atoms with Crippen LogP contribution in [0.3, 0.4) is 0 Å². The monoisotopic (exact) mass is 282 g/mol. The van der Waals surface area contributed by atoms with Crippen LogP contribution in [-0.4, -0.2) is 37.2 Å². The summed E-state index contributed by atoms with van der Waals surface area (Å²) in [4.78, 5) is 11.2. The first-order valence-electron chi connectivity index (χ1n) is 7.38. The summed E-state index contributed by atoms with van der Waals surface area (Å²) in [7, 11) is 0. The lowest BCUT2D eigenvalue weighted by Gasteiger charge is -2.40. The molecule has 1 saturated heterocycles. The van der Waals surface area contributed by atoms with E-state index in [2.05, 4.69) is 37.7 Å². The van der Waals surface area contributed by atoms with Crippen LogP contribution >= 0.6 is 0 Å². The highest BCUT2D eigenvalue weighted by Gasteiger charge is 2.29. The van der Waals surface area contributed by atoms with E-state index in [1.54, 1.807) is 0 Å². The number of aryl methyl sites for hydroxylation is 1. The van der Waals surface area contributed by atoms with Gasteiger partial charge in [-0.3, -0.25) is 0 Å². The summed E-state index contributed by atoms with van der Waals surface area (Å²) in [6, 6.07) is 2.01. The van der Waals surface area contributed by atoms with Crippen molar-refractivity contribution in [1.82, 2.24) is 24.1 Å². The maximum absolute atomic E-state index is 4.51. The molecule has 0 atom stereocenters. The van der Waals surface area contributed by atoms with Gasteiger partial charge in [-0.1, -0.05) is 6.92 Å². The summed E-state index contributed by atoms with van der Waals surface area (Å²) in [6.07, 6.45) is 10.5. The van der Waals surface area contributed by atoms with Crippen molar-refractivity contribution in [3.05, 3.63) is 42.9 Å². The second kappa shape index (κ2) is 4.87. The zero-order valence-electron chi connectivity index (χ0n) is 12.1. The van der Waals surface area contributed by atoms with E-state index in [9.17, 15) is 0 Å². The number of anilines is 1. The maximum Gasteiger partial charge on any atom is 0.154 e. The van der Waals surface area contributed by atoms with Crippen LogP contribution < -0.4 is 4.90 Å². The van der Waals surface area contributed by atoms with Gasteiger partial charge in [0.1, 0.15) is 11.3 Å². The number of hydrogen-bond donors (Lipinski definition) is 0. The Morgan fingerprint density at radius 2 is 2.00 bits per heavy atom. The van der Waals surface area contributed by atoms with E-state index in [1.807, 2.05) is 35.4 Å². The van der Waals surface area contributed by atoms with E-state index in [0.29, 0.717) is 5.92 Å². The molecule has 108 valence electrons. The molecule has 4 rings (SSSR count). The van der Waals surface area contributed by atoms with Gasteiger partial charge in [-0.25, -0.2) is 14.5 Å². The van der Waals surface area contributed by atoms with Crippen molar-refractivity contribution in [2.75, 3.05) is 18.0 Å². The molecule has 3 aromatic heterocycles. The van der Waals surface area contributed by atoms with Crippen LogP contribution in [0.2, 0.25) is 0 Å². The fourth-order valence-electron chi connectivity index (χ4n) is 3.04. The first-order valence-corrected chi connectivity index (χ1v) is 7.38. The van der Waals surface area contributed by atoms with Crippen molar-refractivity contribution >= 4 is 11.3 Å². The van der Waals surface area contributed by atoms with Gasteiger partial charge in [0.05, 0.1) is 6.20 Å². The number of rotatable bonds is 4. The Bertz CT molecular complexity index is 752. The van der Waals surface area contributed by atoms with Gasteiger partial charge in [0.25, 0.3) is 0 Å². The molecular weight excluding hydrogens is 264 g/mol. The summed E-state index contributed by atoms with van der Waals surface area (Å²) in [5.74, 6) is 2.87. The molecule has 0 amide bonds. The van der Waals surface area contributed by atoms with Gasteiger partial charge in [-0.15, -0.1) is 0 Å². The van der Waals surface area contributed by atoms with Gasteiger partial charge in [-0.05, 0) is 6.07 Å². The Morgan fingerprint density at radius 1 is 1.14 bits per heavy atom. The van der Waals surface area contributed by atoms with E-state index in [1.165, 1.54) is 5.82 Å². The smallest absolute Gasteiger partial charge is 0.154 e. The third-order valence-corrected chi connectivity index (χ3v) is 4.13. The predicted octanol–water partition coefficient (Wildman–Crippen LogP) is 1.62. The molecule has 0 unspecified atom stereocenters. The fourth-order valence-corrected chi connectivity index (χ4v) is 3.04. The highest BCUT2D eigenvalue weighted by atomic mass is 15.3. The first kappa shape index (κ1) is 12.4. The van der Waals surface area contributed by atoms with Crippen molar-refractivity contribution in [2.45, 2.75) is 19.9 Å².